The number of benzene rings is 1. The van der Waals surface area contributed by atoms with E-state index in [1.807, 2.05) is 0 Å². The van der Waals surface area contributed by atoms with Crippen molar-refractivity contribution in [2.45, 2.75) is 57.9 Å². The van der Waals surface area contributed by atoms with Gasteiger partial charge in [-0.2, -0.15) is 0 Å². The fraction of sp³-hybridized carbons (Fsp3) is 0.562. The largest absolute Gasteiger partial charge is 0.327 e. The molecule has 0 aliphatic heterocycles. The van der Waals surface area contributed by atoms with Gasteiger partial charge in [-0.05, 0) is 28.4 Å². The number of hydrogen-bond donors (Lipinski definition) is 0. The van der Waals surface area contributed by atoms with E-state index in [0.29, 0.717) is 10.4 Å². The van der Waals surface area contributed by atoms with E-state index in [2.05, 4.69) is 32.4 Å². The minimum absolute atomic E-state index is 0.257. The summed E-state index contributed by atoms with van der Waals surface area (Å²) in [7, 11) is 0. The molecule has 0 saturated carbocycles. The first-order chi connectivity index (χ1) is 10.2. The number of nitrogens with zero attached hydrogens (tertiary/aromatic N) is 2. The molecule has 116 valence electrons. The fourth-order valence-corrected chi connectivity index (χ4v) is 3.11. The number of hydrogen-bond acceptors (Lipinski definition) is 1. The molecule has 1 aromatic heterocycles. The Labute approximate surface area is 138 Å². The number of aryl methyl sites for hydroxylation is 1. The van der Waals surface area contributed by atoms with E-state index in [-0.39, 0.29) is 5.82 Å². The van der Waals surface area contributed by atoms with Gasteiger partial charge in [0.15, 0.2) is 0 Å². The molecule has 0 unspecified atom stereocenters. The monoisotopic (exact) mass is 374 g/mol. The highest BCUT2D eigenvalue weighted by Gasteiger charge is 2.12. The first-order valence-corrected chi connectivity index (χ1v) is 8.90. The van der Waals surface area contributed by atoms with E-state index >= 15 is 0 Å². The third-order valence-electron chi connectivity index (χ3n) is 3.72. The zero-order valence-corrected chi connectivity index (χ0v) is 14.7. The number of imidazole rings is 1. The van der Waals surface area contributed by atoms with Crippen molar-refractivity contribution in [3.63, 3.8) is 0 Å². The molecule has 21 heavy (non-hydrogen) atoms. The van der Waals surface area contributed by atoms with Crippen LogP contribution in [0.5, 0.6) is 0 Å². The normalized spacial score (nSPS) is 11.4. The molecule has 0 N–H and O–H groups in total. The highest BCUT2D eigenvalue weighted by molar-refractivity contribution is 9.10. The molecule has 1 aromatic carbocycles. The van der Waals surface area contributed by atoms with E-state index in [4.69, 9.17) is 11.6 Å². The Hall–Kier alpha value is -0.610. The summed E-state index contributed by atoms with van der Waals surface area (Å²) in [5, 5.41) is 0. The van der Waals surface area contributed by atoms with Gasteiger partial charge in [-0.1, -0.05) is 39.0 Å². The van der Waals surface area contributed by atoms with Crippen LogP contribution in [0.1, 0.15) is 51.3 Å². The van der Waals surface area contributed by atoms with Crippen molar-refractivity contribution in [1.29, 1.82) is 0 Å². The van der Waals surface area contributed by atoms with Crippen molar-refractivity contribution >= 4 is 38.6 Å². The average molecular weight is 376 g/mol. The summed E-state index contributed by atoms with van der Waals surface area (Å²) in [6.45, 7) is 3.07. The van der Waals surface area contributed by atoms with Crippen molar-refractivity contribution in [3.05, 3.63) is 28.2 Å². The van der Waals surface area contributed by atoms with E-state index in [1.165, 1.54) is 32.1 Å². The Morgan fingerprint density at radius 3 is 2.62 bits per heavy atom. The van der Waals surface area contributed by atoms with Crippen molar-refractivity contribution in [3.8, 4) is 0 Å². The third kappa shape index (κ3) is 4.19. The second kappa shape index (κ2) is 8.14. The molecule has 2 rings (SSSR count). The molecule has 0 fully saturated rings. The van der Waals surface area contributed by atoms with E-state index in [0.717, 1.165) is 29.8 Å². The summed E-state index contributed by atoms with van der Waals surface area (Å²) in [6, 6.07) is 3.26. The zero-order valence-electron chi connectivity index (χ0n) is 12.3. The smallest absolute Gasteiger partial charge is 0.139 e. The lowest BCUT2D eigenvalue weighted by Crippen LogP contribution is -2.02. The lowest BCUT2D eigenvalue weighted by atomic mass is 10.1. The predicted molar refractivity (Wildman–Crippen MR) is 90.3 cm³/mol. The van der Waals surface area contributed by atoms with Crippen molar-refractivity contribution < 1.29 is 4.39 Å². The number of aromatic nitrogens is 2. The molecule has 1 heterocycles. The van der Waals surface area contributed by atoms with Crippen LogP contribution in [0, 0.1) is 5.82 Å². The Morgan fingerprint density at radius 1 is 1.19 bits per heavy atom. The molecule has 2 aromatic rings. The fourth-order valence-electron chi connectivity index (χ4n) is 2.57. The minimum Gasteiger partial charge on any atom is -0.327 e. The van der Waals surface area contributed by atoms with Crippen LogP contribution in [-0.4, -0.2) is 9.55 Å². The van der Waals surface area contributed by atoms with E-state index in [1.54, 1.807) is 12.1 Å². The molecule has 2 nitrogen and oxygen atoms in total. The third-order valence-corrected chi connectivity index (χ3v) is 4.57. The van der Waals surface area contributed by atoms with Crippen molar-refractivity contribution in [2.24, 2.45) is 0 Å². The van der Waals surface area contributed by atoms with Gasteiger partial charge in [0.2, 0.25) is 0 Å². The van der Waals surface area contributed by atoms with Gasteiger partial charge in [-0.25, -0.2) is 9.37 Å². The quantitative estimate of drug-likeness (QED) is 0.406. The molecule has 0 atom stereocenters. The van der Waals surface area contributed by atoms with Crippen LogP contribution in [0.25, 0.3) is 11.0 Å². The Kier molecular flexibility index (Phi) is 6.49. The van der Waals surface area contributed by atoms with E-state index < -0.39 is 0 Å². The highest BCUT2D eigenvalue weighted by Crippen LogP contribution is 2.25. The molecule has 0 aliphatic carbocycles. The summed E-state index contributed by atoms with van der Waals surface area (Å²) in [5.74, 6) is 0.912. The second-order valence-electron chi connectivity index (χ2n) is 5.34. The van der Waals surface area contributed by atoms with Crippen LogP contribution < -0.4 is 0 Å². The van der Waals surface area contributed by atoms with Crippen LogP contribution in [0.2, 0.25) is 0 Å². The Morgan fingerprint density at radius 2 is 1.90 bits per heavy atom. The van der Waals surface area contributed by atoms with Crippen LogP contribution in [0.3, 0.4) is 0 Å². The topological polar surface area (TPSA) is 17.8 Å². The first-order valence-electron chi connectivity index (χ1n) is 7.57. The predicted octanol–water partition coefficient (Wildman–Crippen LogP) is 6.04. The second-order valence-corrected chi connectivity index (χ2v) is 6.46. The lowest BCUT2D eigenvalue weighted by molar-refractivity contribution is 0.556. The number of unbranched alkanes of at least 4 members (excludes halogenated alkanes) is 5. The van der Waals surface area contributed by atoms with Crippen LogP contribution in [0.15, 0.2) is 16.6 Å². The van der Waals surface area contributed by atoms with Gasteiger partial charge in [0, 0.05) is 12.6 Å². The first kappa shape index (κ1) is 16.8. The molecular weight excluding hydrogens is 355 g/mol. The SMILES string of the molecule is CCCCCCCCn1c(CCl)nc2cc(Br)c(F)cc21. The molecular formula is C16H21BrClFN2. The summed E-state index contributed by atoms with van der Waals surface area (Å²) in [4.78, 5) is 4.50. The minimum atomic E-state index is -0.257. The van der Waals surface area contributed by atoms with Gasteiger partial charge < -0.3 is 4.57 Å². The standard InChI is InChI=1S/C16H21BrClFN2/c1-2-3-4-5-6-7-8-21-15-10-13(19)12(17)9-14(15)20-16(21)11-18/h9-10H,2-8,11H2,1H3. The van der Waals surface area contributed by atoms with Gasteiger partial charge in [-0.3, -0.25) is 0 Å². The molecule has 0 saturated heterocycles. The van der Waals surface area contributed by atoms with E-state index in [9.17, 15) is 4.39 Å². The number of alkyl halides is 1. The molecule has 0 aliphatic rings. The number of fused-ring (bicyclic) bond motifs is 1. The van der Waals surface area contributed by atoms with Gasteiger partial charge in [0.1, 0.15) is 11.6 Å². The number of halogens is 3. The summed E-state index contributed by atoms with van der Waals surface area (Å²) < 4.78 is 16.2. The molecule has 0 spiro atoms. The highest BCUT2D eigenvalue weighted by atomic mass is 79.9. The van der Waals surface area contributed by atoms with Gasteiger partial charge in [-0.15, -0.1) is 11.6 Å². The molecule has 0 radical (unpaired) electrons. The van der Waals surface area contributed by atoms with Crippen LogP contribution in [-0.2, 0) is 12.4 Å². The summed E-state index contributed by atoms with van der Waals surface area (Å²) in [5.41, 5.74) is 1.63. The van der Waals surface area contributed by atoms with Gasteiger partial charge in [0.05, 0.1) is 21.4 Å². The maximum Gasteiger partial charge on any atom is 0.139 e. The molecule has 0 bridgehead atoms. The average Bonchev–Trinajstić information content (AvgIpc) is 2.80. The van der Waals surface area contributed by atoms with Crippen molar-refractivity contribution in [2.75, 3.05) is 0 Å². The van der Waals surface area contributed by atoms with Crippen molar-refractivity contribution in [1.82, 2.24) is 9.55 Å². The van der Waals surface area contributed by atoms with Gasteiger partial charge in [0.25, 0.3) is 0 Å². The van der Waals surface area contributed by atoms with Crippen LogP contribution in [0.4, 0.5) is 4.39 Å². The maximum atomic E-state index is 13.7. The molecule has 5 heteroatoms. The zero-order chi connectivity index (χ0) is 15.2. The lowest BCUT2D eigenvalue weighted by Gasteiger charge is -2.08. The Balaban J connectivity index is 2.08. The summed E-state index contributed by atoms with van der Waals surface area (Å²) >= 11 is 9.18. The van der Waals surface area contributed by atoms with Gasteiger partial charge >= 0.3 is 0 Å². The number of rotatable bonds is 8. The Bertz CT molecular complexity index is 597. The van der Waals surface area contributed by atoms with Crippen LogP contribution >= 0.6 is 27.5 Å². The molecule has 0 amide bonds. The maximum absolute atomic E-state index is 13.7. The summed E-state index contributed by atoms with van der Waals surface area (Å²) in [6.07, 6.45) is 7.40.